The van der Waals surface area contributed by atoms with Crippen molar-refractivity contribution in [2.75, 3.05) is 11.1 Å². The number of hydrogen-bond donors (Lipinski definition) is 3. The second kappa shape index (κ2) is 6.78. The summed E-state index contributed by atoms with van der Waals surface area (Å²) in [6.07, 6.45) is 9.17. The van der Waals surface area contributed by atoms with Gasteiger partial charge < -0.3 is 16.4 Å². The van der Waals surface area contributed by atoms with Gasteiger partial charge in [-0.2, -0.15) is 0 Å². The molecule has 28 heavy (non-hydrogen) atoms. The Morgan fingerprint density at radius 1 is 1.36 bits per heavy atom. The lowest BCUT2D eigenvalue weighted by Gasteiger charge is -2.35. The maximum Gasteiger partial charge on any atom is 0.277 e. The third-order valence-corrected chi connectivity index (χ3v) is 5.45. The minimum Gasteiger partial charge on any atom is -0.384 e. The van der Waals surface area contributed by atoms with Crippen LogP contribution in [0.15, 0.2) is 35.4 Å². The number of nitrogens with zero attached hydrogens (tertiary/aromatic N) is 3. The highest BCUT2D eigenvalue weighted by molar-refractivity contribution is 5.97. The molecule has 146 valence electrons. The van der Waals surface area contributed by atoms with Crippen molar-refractivity contribution in [2.24, 2.45) is 5.92 Å². The van der Waals surface area contributed by atoms with Gasteiger partial charge in [-0.15, -0.1) is 0 Å². The number of nitrogens with one attached hydrogen (secondary N) is 2. The van der Waals surface area contributed by atoms with Crippen molar-refractivity contribution >= 4 is 23.2 Å². The van der Waals surface area contributed by atoms with E-state index < -0.39 is 5.66 Å². The number of fused-ring (bicyclic) bond motifs is 2. The average Bonchev–Trinajstić information content (AvgIpc) is 2.92. The van der Waals surface area contributed by atoms with E-state index in [4.69, 9.17) is 5.73 Å². The molecule has 2 aliphatic rings. The van der Waals surface area contributed by atoms with Crippen LogP contribution in [0.4, 0.5) is 17.3 Å². The molecule has 0 aromatic carbocycles. The number of allylic oxidation sites excluding steroid dienone is 1. The highest BCUT2D eigenvalue weighted by Crippen LogP contribution is 2.37. The molecule has 4 rings (SSSR count). The fourth-order valence-corrected chi connectivity index (χ4v) is 4.32. The molecule has 2 atom stereocenters. The first-order valence-corrected chi connectivity index (χ1v) is 9.55. The van der Waals surface area contributed by atoms with E-state index in [1.807, 2.05) is 13.0 Å². The van der Waals surface area contributed by atoms with Crippen LogP contribution in [-0.4, -0.2) is 20.4 Å². The first-order valence-electron chi connectivity index (χ1n) is 9.55. The molecule has 0 radical (unpaired) electrons. The summed E-state index contributed by atoms with van der Waals surface area (Å²) in [5.41, 5.74) is 6.12. The summed E-state index contributed by atoms with van der Waals surface area (Å²) in [5.74, 6) is 0.946. The summed E-state index contributed by atoms with van der Waals surface area (Å²) in [4.78, 5) is 34.1. The Hall–Kier alpha value is -3.16. The van der Waals surface area contributed by atoms with Crippen LogP contribution in [0.1, 0.15) is 48.7 Å². The number of anilines is 3. The molecule has 0 fully saturated rings. The number of nitrogens with two attached hydrogens (primary N) is 1. The van der Waals surface area contributed by atoms with E-state index in [2.05, 4.69) is 33.6 Å². The Morgan fingerprint density at radius 2 is 2.18 bits per heavy atom. The van der Waals surface area contributed by atoms with E-state index in [1.54, 1.807) is 16.7 Å². The van der Waals surface area contributed by atoms with Gasteiger partial charge in [-0.05, 0) is 43.4 Å². The van der Waals surface area contributed by atoms with Crippen LogP contribution in [0.25, 0.3) is 0 Å². The summed E-state index contributed by atoms with van der Waals surface area (Å²) in [6.45, 7) is 3.98. The zero-order valence-corrected chi connectivity index (χ0v) is 16.0. The molecule has 0 saturated carbocycles. The predicted molar refractivity (Wildman–Crippen MR) is 107 cm³/mol. The van der Waals surface area contributed by atoms with Gasteiger partial charge in [0.1, 0.15) is 35.0 Å². The summed E-state index contributed by atoms with van der Waals surface area (Å²) < 4.78 is 1.61. The third kappa shape index (κ3) is 2.94. The van der Waals surface area contributed by atoms with Crippen molar-refractivity contribution in [1.82, 2.24) is 19.9 Å². The molecule has 1 aliphatic heterocycles. The van der Waals surface area contributed by atoms with Gasteiger partial charge in [0.05, 0.1) is 0 Å². The van der Waals surface area contributed by atoms with Gasteiger partial charge in [-0.3, -0.25) is 14.2 Å². The van der Waals surface area contributed by atoms with Gasteiger partial charge in [0.15, 0.2) is 0 Å². The molecule has 0 saturated heterocycles. The van der Waals surface area contributed by atoms with Crippen molar-refractivity contribution < 1.29 is 4.79 Å². The number of nitrogen functional groups attached to an aromatic ring is 1. The average molecular weight is 380 g/mol. The molecule has 1 aliphatic carbocycles. The van der Waals surface area contributed by atoms with E-state index in [1.165, 1.54) is 6.33 Å². The smallest absolute Gasteiger partial charge is 0.277 e. The van der Waals surface area contributed by atoms with E-state index in [-0.39, 0.29) is 11.5 Å². The number of carbonyl (C=O) groups is 1. The van der Waals surface area contributed by atoms with Crippen molar-refractivity contribution in [3.63, 3.8) is 0 Å². The molecule has 2 aromatic rings. The summed E-state index contributed by atoms with van der Waals surface area (Å²) in [7, 11) is 0. The monoisotopic (exact) mass is 380 g/mol. The maximum atomic E-state index is 13.4. The Balaban J connectivity index is 1.82. The zero-order chi connectivity index (χ0) is 19.9. The number of hydrogen-bond acceptors (Lipinski definition) is 6. The van der Waals surface area contributed by atoms with Gasteiger partial charge in [-0.1, -0.05) is 25.8 Å². The van der Waals surface area contributed by atoms with Crippen LogP contribution in [0.2, 0.25) is 0 Å². The van der Waals surface area contributed by atoms with E-state index in [0.29, 0.717) is 35.4 Å². The van der Waals surface area contributed by atoms with Crippen LogP contribution >= 0.6 is 0 Å². The standard InChI is InChI=1S/C20H24N6O2/c1-3-5-13-6-4-7-20(10-13)25-18(27)17-12(2)8-14(19(28)26(17)20)24-16-9-15(21)22-11-23-16/h4,7-9,11,13H,3,5-6,10H2,1-2H3,(H,25,27)(H3,21,22,23,24). The van der Waals surface area contributed by atoms with Crippen LogP contribution in [-0.2, 0) is 5.66 Å². The maximum absolute atomic E-state index is 13.4. The molecular weight excluding hydrogens is 356 g/mol. The summed E-state index contributed by atoms with van der Waals surface area (Å²) >= 11 is 0. The van der Waals surface area contributed by atoms with Gasteiger partial charge in [0.2, 0.25) is 0 Å². The van der Waals surface area contributed by atoms with Crippen molar-refractivity contribution in [3.05, 3.63) is 52.2 Å². The number of pyridine rings is 1. The fourth-order valence-electron chi connectivity index (χ4n) is 4.32. The largest absolute Gasteiger partial charge is 0.384 e. The quantitative estimate of drug-likeness (QED) is 0.702. The van der Waals surface area contributed by atoms with Crippen molar-refractivity contribution in [2.45, 2.75) is 45.2 Å². The number of carbonyl (C=O) groups excluding carboxylic acids is 1. The molecule has 4 N–H and O–H groups in total. The van der Waals surface area contributed by atoms with Crippen molar-refractivity contribution in [3.8, 4) is 0 Å². The van der Waals surface area contributed by atoms with E-state index in [9.17, 15) is 9.59 Å². The lowest BCUT2D eigenvalue weighted by Crippen LogP contribution is -2.48. The predicted octanol–water partition coefficient (Wildman–Crippen LogP) is 2.44. The number of rotatable bonds is 4. The van der Waals surface area contributed by atoms with Crippen LogP contribution in [0.5, 0.6) is 0 Å². The summed E-state index contributed by atoms with van der Waals surface area (Å²) in [5, 5.41) is 6.10. The highest BCUT2D eigenvalue weighted by Gasteiger charge is 2.45. The Kier molecular flexibility index (Phi) is 4.41. The molecule has 3 heterocycles. The first-order chi connectivity index (χ1) is 13.4. The minimum absolute atomic E-state index is 0.214. The van der Waals surface area contributed by atoms with E-state index >= 15 is 0 Å². The molecule has 2 aromatic heterocycles. The topological polar surface area (TPSA) is 115 Å². The molecule has 1 amide bonds. The molecule has 0 bridgehead atoms. The normalized spacial score (nSPS) is 22.9. The minimum atomic E-state index is -0.811. The molecule has 1 spiro atoms. The van der Waals surface area contributed by atoms with Gasteiger partial charge in [0.25, 0.3) is 11.5 Å². The lowest BCUT2D eigenvalue weighted by atomic mass is 9.84. The summed E-state index contributed by atoms with van der Waals surface area (Å²) in [6, 6.07) is 3.24. The first kappa shape index (κ1) is 18.2. The Bertz CT molecular complexity index is 1030. The van der Waals surface area contributed by atoms with Crippen molar-refractivity contribution in [1.29, 1.82) is 0 Å². The molecular formula is C20H24N6O2. The Labute approximate surface area is 162 Å². The lowest BCUT2D eigenvalue weighted by molar-refractivity contribution is 0.0922. The van der Waals surface area contributed by atoms with E-state index in [0.717, 1.165) is 24.8 Å². The third-order valence-electron chi connectivity index (χ3n) is 5.45. The Morgan fingerprint density at radius 3 is 2.93 bits per heavy atom. The second-order valence-electron chi connectivity index (χ2n) is 7.56. The second-order valence-corrected chi connectivity index (χ2v) is 7.56. The number of amides is 1. The number of aromatic nitrogens is 3. The molecule has 8 heteroatoms. The fraction of sp³-hybridized carbons (Fsp3) is 0.400. The van der Waals surface area contributed by atoms with Crippen LogP contribution in [0.3, 0.4) is 0 Å². The molecule has 8 nitrogen and oxygen atoms in total. The SMILES string of the molecule is CCCC1CC=CC2(C1)NC(=O)c1c(C)cc(Nc3cc(N)ncn3)c(=O)n12. The highest BCUT2D eigenvalue weighted by atomic mass is 16.2. The van der Waals surface area contributed by atoms with Gasteiger partial charge >= 0.3 is 0 Å². The van der Waals surface area contributed by atoms with Crippen LogP contribution in [0, 0.1) is 12.8 Å². The van der Waals surface area contributed by atoms with Gasteiger partial charge in [0, 0.05) is 6.07 Å². The number of aryl methyl sites for hydroxylation is 1. The molecule has 2 unspecified atom stereocenters. The zero-order valence-electron chi connectivity index (χ0n) is 16.0. The van der Waals surface area contributed by atoms with Gasteiger partial charge in [-0.25, -0.2) is 9.97 Å². The van der Waals surface area contributed by atoms with Crippen LogP contribution < -0.4 is 21.9 Å².